The van der Waals surface area contributed by atoms with Gasteiger partial charge in [-0.2, -0.15) is 0 Å². The molecular weight excluding hydrogens is 280 g/mol. The van der Waals surface area contributed by atoms with Crippen molar-refractivity contribution in [3.63, 3.8) is 0 Å². The van der Waals surface area contributed by atoms with E-state index in [9.17, 15) is 0 Å². The Bertz CT molecular complexity index is 780. The van der Waals surface area contributed by atoms with Crippen LogP contribution in [0.2, 0.25) is 0 Å². The third-order valence-electron chi connectivity index (χ3n) is 3.48. The highest BCUT2D eigenvalue weighted by molar-refractivity contribution is 7.16. The summed E-state index contributed by atoms with van der Waals surface area (Å²) in [6.45, 7) is 2.15. The molecule has 2 N–H and O–H groups in total. The number of ether oxygens (including phenoxy) is 1. The van der Waals surface area contributed by atoms with Gasteiger partial charge in [-0.25, -0.2) is 4.98 Å². The number of fused-ring (bicyclic) bond motifs is 1. The molecule has 1 heterocycles. The van der Waals surface area contributed by atoms with Crippen molar-refractivity contribution in [2.45, 2.75) is 19.8 Å². The van der Waals surface area contributed by atoms with Crippen molar-refractivity contribution in [3.8, 4) is 17.0 Å². The number of nitrogen functional groups attached to an aromatic ring is 1. The van der Waals surface area contributed by atoms with Crippen molar-refractivity contribution in [2.75, 3.05) is 12.8 Å². The lowest BCUT2D eigenvalue weighted by molar-refractivity contribution is 0.415. The van der Waals surface area contributed by atoms with E-state index >= 15 is 0 Å². The van der Waals surface area contributed by atoms with Crippen LogP contribution in [0, 0.1) is 0 Å². The zero-order valence-electron chi connectivity index (χ0n) is 12.2. The van der Waals surface area contributed by atoms with E-state index < -0.39 is 0 Å². The molecule has 3 rings (SSSR count). The molecule has 0 saturated heterocycles. The number of anilines is 1. The van der Waals surface area contributed by atoms with E-state index in [4.69, 9.17) is 10.5 Å². The van der Waals surface area contributed by atoms with Gasteiger partial charge in [0.1, 0.15) is 16.4 Å². The highest BCUT2D eigenvalue weighted by Gasteiger charge is 2.11. The van der Waals surface area contributed by atoms with E-state index in [-0.39, 0.29) is 0 Å². The summed E-state index contributed by atoms with van der Waals surface area (Å²) >= 11 is 1.59. The number of aromatic nitrogens is 1. The second-order valence-corrected chi connectivity index (χ2v) is 6.11. The van der Waals surface area contributed by atoms with Gasteiger partial charge in [0, 0.05) is 5.56 Å². The Kier molecular flexibility index (Phi) is 3.80. The van der Waals surface area contributed by atoms with E-state index in [0.717, 1.165) is 50.6 Å². The summed E-state index contributed by atoms with van der Waals surface area (Å²) in [7, 11) is 1.68. The lowest BCUT2D eigenvalue weighted by Crippen LogP contribution is -1.87. The molecule has 3 nitrogen and oxygen atoms in total. The van der Waals surface area contributed by atoms with Crippen LogP contribution in [-0.4, -0.2) is 12.1 Å². The molecule has 0 saturated carbocycles. The minimum Gasteiger partial charge on any atom is -0.497 e. The Morgan fingerprint density at radius 1 is 1.14 bits per heavy atom. The van der Waals surface area contributed by atoms with Gasteiger partial charge < -0.3 is 10.5 Å². The fourth-order valence-electron chi connectivity index (χ4n) is 2.40. The molecule has 0 atom stereocenters. The van der Waals surface area contributed by atoms with Gasteiger partial charge in [0.25, 0.3) is 0 Å². The van der Waals surface area contributed by atoms with Gasteiger partial charge in [-0.1, -0.05) is 25.1 Å². The van der Waals surface area contributed by atoms with Crippen LogP contribution < -0.4 is 10.5 Å². The standard InChI is InChI=1S/C17H18N2OS/c1-3-4-15-19-16(17(18)21-15)13-6-5-12-10-14(20-2)8-7-11(12)9-13/h5-10H,3-4,18H2,1-2H3. The van der Waals surface area contributed by atoms with Crippen LogP contribution in [0.1, 0.15) is 18.4 Å². The van der Waals surface area contributed by atoms with Crippen molar-refractivity contribution < 1.29 is 4.74 Å². The molecule has 0 spiro atoms. The molecule has 108 valence electrons. The number of benzene rings is 2. The molecule has 2 aromatic carbocycles. The molecule has 0 aliphatic heterocycles. The summed E-state index contributed by atoms with van der Waals surface area (Å²) in [6.07, 6.45) is 2.07. The maximum atomic E-state index is 6.13. The van der Waals surface area contributed by atoms with Crippen LogP contribution in [-0.2, 0) is 6.42 Å². The van der Waals surface area contributed by atoms with Crippen molar-refractivity contribution in [1.82, 2.24) is 4.98 Å². The third-order valence-corrected chi connectivity index (χ3v) is 4.43. The highest BCUT2D eigenvalue weighted by Crippen LogP contribution is 2.33. The van der Waals surface area contributed by atoms with Crippen LogP contribution in [0.25, 0.3) is 22.0 Å². The summed E-state index contributed by atoms with van der Waals surface area (Å²) in [5.74, 6) is 0.869. The first-order chi connectivity index (χ1) is 10.2. The summed E-state index contributed by atoms with van der Waals surface area (Å²) < 4.78 is 5.26. The molecule has 0 aliphatic rings. The van der Waals surface area contributed by atoms with Crippen molar-refractivity contribution in [3.05, 3.63) is 41.4 Å². The Morgan fingerprint density at radius 2 is 1.90 bits per heavy atom. The van der Waals surface area contributed by atoms with Gasteiger partial charge in [0.15, 0.2) is 0 Å². The van der Waals surface area contributed by atoms with Crippen LogP contribution in [0.3, 0.4) is 0 Å². The second-order valence-electron chi connectivity index (χ2n) is 5.00. The van der Waals surface area contributed by atoms with E-state index in [1.54, 1.807) is 18.4 Å². The zero-order chi connectivity index (χ0) is 14.8. The van der Waals surface area contributed by atoms with Crippen LogP contribution in [0.15, 0.2) is 36.4 Å². The number of nitrogens with zero attached hydrogens (tertiary/aromatic N) is 1. The van der Waals surface area contributed by atoms with Crippen molar-refractivity contribution >= 4 is 27.1 Å². The lowest BCUT2D eigenvalue weighted by atomic mass is 10.0. The second kappa shape index (κ2) is 5.74. The summed E-state index contributed by atoms with van der Waals surface area (Å²) in [6, 6.07) is 12.4. The van der Waals surface area contributed by atoms with Gasteiger partial charge in [0.2, 0.25) is 0 Å². The Hall–Kier alpha value is -2.07. The van der Waals surface area contributed by atoms with Crippen molar-refractivity contribution in [1.29, 1.82) is 0 Å². The van der Waals surface area contributed by atoms with Gasteiger partial charge in [-0.3, -0.25) is 0 Å². The van der Waals surface area contributed by atoms with Gasteiger partial charge >= 0.3 is 0 Å². The van der Waals surface area contributed by atoms with Gasteiger partial charge in [-0.15, -0.1) is 11.3 Å². The Morgan fingerprint density at radius 3 is 2.67 bits per heavy atom. The summed E-state index contributed by atoms with van der Waals surface area (Å²) in [5, 5.41) is 4.23. The average molecular weight is 298 g/mol. The fraction of sp³-hybridized carbons (Fsp3) is 0.235. The SMILES string of the molecule is CCCc1nc(-c2ccc3cc(OC)ccc3c2)c(N)s1. The topological polar surface area (TPSA) is 48.1 Å². The predicted molar refractivity (Wildman–Crippen MR) is 90.0 cm³/mol. The summed E-state index contributed by atoms with van der Waals surface area (Å²) in [5.41, 5.74) is 8.11. The molecule has 1 aromatic heterocycles. The first kappa shape index (κ1) is 13.9. The molecule has 0 aliphatic carbocycles. The molecule has 0 amide bonds. The number of hydrogen-bond donors (Lipinski definition) is 1. The number of methoxy groups -OCH3 is 1. The van der Waals surface area contributed by atoms with Crippen LogP contribution in [0.5, 0.6) is 5.75 Å². The van der Waals surface area contributed by atoms with E-state index in [1.165, 1.54) is 0 Å². The van der Waals surface area contributed by atoms with Crippen LogP contribution >= 0.6 is 11.3 Å². The predicted octanol–water partition coefficient (Wildman–Crippen LogP) is 4.51. The van der Waals surface area contributed by atoms with Crippen molar-refractivity contribution in [2.24, 2.45) is 0 Å². The maximum absolute atomic E-state index is 6.13. The fourth-order valence-corrected chi connectivity index (χ4v) is 3.36. The lowest BCUT2D eigenvalue weighted by Gasteiger charge is -2.05. The largest absolute Gasteiger partial charge is 0.497 e. The molecule has 0 fully saturated rings. The smallest absolute Gasteiger partial charge is 0.119 e. The molecular formula is C17H18N2OS. The number of thiazole rings is 1. The zero-order valence-corrected chi connectivity index (χ0v) is 13.0. The third kappa shape index (κ3) is 2.72. The number of rotatable bonds is 4. The minimum atomic E-state index is 0.798. The number of aryl methyl sites for hydroxylation is 1. The van der Waals surface area contributed by atoms with Gasteiger partial charge in [-0.05, 0) is 41.8 Å². The van der Waals surface area contributed by atoms with Gasteiger partial charge in [0.05, 0.1) is 12.1 Å². The monoisotopic (exact) mass is 298 g/mol. The molecule has 4 heteroatoms. The normalized spacial score (nSPS) is 11.0. The molecule has 0 unspecified atom stereocenters. The maximum Gasteiger partial charge on any atom is 0.119 e. The number of hydrogen-bond acceptors (Lipinski definition) is 4. The summed E-state index contributed by atoms with van der Waals surface area (Å²) in [4.78, 5) is 4.68. The molecule has 21 heavy (non-hydrogen) atoms. The van der Waals surface area contributed by atoms with E-state index in [0.29, 0.717) is 0 Å². The Balaban J connectivity index is 2.04. The quantitative estimate of drug-likeness (QED) is 0.771. The van der Waals surface area contributed by atoms with E-state index in [1.807, 2.05) is 12.1 Å². The minimum absolute atomic E-state index is 0.798. The average Bonchev–Trinajstić information content (AvgIpc) is 2.87. The van der Waals surface area contributed by atoms with Crippen LogP contribution in [0.4, 0.5) is 5.00 Å². The molecule has 3 aromatic rings. The number of nitrogens with two attached hydrogens (primary N) is 1. The highest BCUT2D eigenvalue weighted by atomic mass is 32.1. The first-order valence-electron chi connectivity index (χ1n) is 7.04. The first-order valence-corrected chi connectivity index (χ1v) is 7.86. The molecule has 0 radical (unpaired) electrons. The Labute approximate surface area is 128 Å². The van der Waals surface area contributed by atoms with E-state index in [2.05, 4.69) is 36.2 Å². The molecule has 0 bridgehead atoms.